The molecule has 0 aliphatic heterocycles. The molecule has 0 saturated carbocycles. The third-order valence-corrected chi connectivity index (χ3v) is 2.06. The number of ether oxygens (including phenoxy) is 1. The van der Waals surface area contributed by atoms with Gasteiger partial charge in [-0.2, -0.15) is 0 Å². The number of carbonyl (C=O) groups is 1. The summed E-state index contributed by atoms with van der Waals surface area (Å²) in [5, 5.41) is 17.8. The van der Waals surface area contributed by atoms with E-state index in [9.17, 15) is 9.90 Å². The molecule has 0 bridgehead atoms. The van der Waals surface area contributed by atoms with Crippen LogP contribution in [-0.4, -0.2) is 23.3 Å². The molecule has 0 aliphatic rings. The van der Waals surface area contributed by atoms with E-state index in [4.69, 9.17) is 9.84 Å². The quantitative estimate of drug-likeness (QED) is 0.747. The molecule has 1 rings (SSSR count). The van der Waals surface area contributed by atoms with Crippen molar-refractivity contribution in [1.29, 1.82) is 0 Å². The Kier molecular flexibility index (Phi) is 4.39. The molecule has 0 atom stereocenters. The highest BCUT2D eigenvalue weighted by molar-refractivity contribution is 5.68. The van der Waals surface area contributed by atoms with Crippen LogP contribution in [0.5, 0.6) is 11.5 Å². The molecule has 0 aromatic heterocycles. The second-order valence-corrected chi connectivity index (χ2v) is 3.28. The largest absolute Gasteiger partial charge is 0.504 e. The van der Waals surface area contributed by atoms with Crippen molar-refractivity contribution in [1.82, 2.24) is 0 Å². The Morgan fingerprint density at radius 1 is 1.44 bits per heavy atom. The minimum atomic E-state index is -0.848. The molecule has 0 spiro atoms. The average molecular weight is 222 g/mol. The van der Waals surface area contributed by atoms with Crippen LogP contribution in [0.1, 0.15) is 12.0 Å². The van der Waals surface area contributed by atoms with Gasteiger partial charge in [0.1, 0.15) is 0 Å². The summed E-state index contributed by atoms with van der Waals surface area (Å²) in [5.74, 6) is -0.329. The lowest BCUT2D eigenvalue weighted by Crippen LogP contribution is -1.90. The number of carboxylic acids is 1. The second kappa shape index (κ2) is 5.80. The van der Waals surface area contributed by atoms with Crippen LogP contribution in [0.3, 0.4) is 0 Å². The van der Waals surface area contributed by atoms with Gasteiger partial charge in [0.05, 0.1) is 13.5 Å². The van der Waals surface area contributed by atoms with Crippen molar-refractivity contribution in [2.24, 2.45) is 0 Å². The number of phenols is 1. The van der Waals surface area contributed by atoms with Crippen molar-refractivity contribution in [3.63, 3.8) is 0 Å². The summed E-state index contributed by atoms with van der Waals surface area (Å²) in [7, 11) is 1.49. The van der Waals surface area contributed by atoms with Crippen molar-refractivity contribution >= 4 is 5.97 Å². The van der Waals surface area contributed by atoms with Gasteiger partial charge in [0.2, 0.25) is 0 Å². The van der Waals surface area contributed by atoms with Gasteiger partial charge in [0, 0.05) is 0 Å². The van der Waals surface area contributed by atoms with Gasteiger partial charge in [0.15, 0.2) is 11.5 Å². The van der Waals surface area contributed by atoms with E-state index in [1.807, 2.05) is 0 Å². The van der Waals surface area contributed by atoms with Gasteiger partial charge in [-0.15, -0.1) is 0 Å². The van der Waals surface area contributed by atoms with E-state index < -0.39 is 5.97 Å². The van der Waals surface area contributed by atoms with Crippen molar-refractivity contribution in [3.8, 4) is 11.5 Å². The molecule has 16 heavy (non-hydrogen) atoms. The lowest BCUT2D eigenvalue weighted by Gasteiger charge is -2.04. The molecule has 86 valence electrons. The summed E-state index contributed by atoms with van der Waals surface area (Å²) in [6.07, 6.45) is 4.01. The van der Waals surface area contributed by atoms with E-state index in [-0.39, 0.29) is 12.2 Å². The van der Waals surface area contributed by atoms with Gasteiger partial charge in [-0.05, 0) is 24.1 Å². The highest BCUT2D eigenvalue weighted by Crippen LogP contribution is 2.26. The summed E-state index contributed by atoms with van der Waals surface area (Å²) in [6, 6.07) is 5.04. The maximum Gasteiger partial charge on any atom is 0.307 e. The number of aromatic hydroxyl groups is 1. The summed E-state index contributed by atoms with van der Waals surface area (Å²) >= 11 is 0. The van der Waals surface area contributed by atoms with E-state index in [1.54, 1.807) is 30.4 Å². The van der Waals surface area contributed by atoms with Crippen LogP contribution >= 0.6 is 0 Å². The van der Waals surface area contributed by atoms with Gasteiger partial charge >= 0.3 is 5.97 Å². The summed E-state index contributed by atoms with van der Waals surface area (Å²) in [5.41, 5.74) is 0.955. The molecule has 0 radical (unpaired) electrons. The van der Waals surface area contributed by atoms with Gasteiger partial charge in [-0.3, -0.25) is 4.79 Å². The Bertz CT molecular complexity index is 396. The first-order chi connectivity index (χ1) is 7.63. The Balaban J connectivity index is 2.61. The predicted molar refractivity (Wildman–Crippen MR) is 59.8 cm³/mol. The molecular formula is C12H14O4. The molecule has 0 fully saturated rings. The molecule has 0 unspecified atom stereocenters. The van der Waals surface area contributed by atoms with E-state index in [1.165, 1.54) is 7.11 Å². The Morgan fingerprint density at radius 3 is 2.81 bits per heavy atom. The van der Waals surface area contributed by atoms with Gasteiger partial charge in [0.25, 0.3) is 0 Å². The molecule has 2 N–H and O–H groups in total. The zero-order valence-corrected chi connectivity index (χ0v) is 9.01. The first-order valence-electron chi connectivity index (χ1n) is 4.86. The maximum absolute atomic E-state index is 10.3. The molecule has 0 heterocycles. The fourth-order valence-electron chi connectivity index (χ4n) is 1.25. The summed E-state index contributed by atoms with van der Waals surface area (Å²) < 4.78 is 4.96. The molecule has 1 aromatic carbocycles. The van der Waals surface area contributed by atoms with Crippen LogP contribution in [0.25, 0.3) is 0 Å². The number of hydrogen-bond acceptors (Lipinski definition) is 3. The highest BCUT2D eigenvalue weighted by atomic mass is 16.5. The Hall–Kier alpha value is -1.97. The zero-order chi connectivity index (χ0) is 12.0. The van der Waals surface area contributed by atoms with Crippen molar-refractivity contribution < 1.29 is 19.7 Å². The molecule has 0 aliphatic carbocycles. The second-order valence-electron chi connectivity index (χ2n) is 3.28. The molecule has 1 aromatic rings. The number of rotatable bonds is 5. The number of phenolic OH excluding ortho intramolecular Hbond substituents is 1. The molecular weight excluding hydrogens is 208 g/mol. The summed E-state index contributed by atoms with van der Waals surface area (Å²) in [4.78, 5) is 10.3. The van der Waals surface area contributed by atoms with E-state index >= 15 is 0 Å². The standard InChI is InChI=1S/C12H14O4/c1-16-11-8-9(6-7-10(11)13)4-2-3-5-12(14)15/h2-3,6-8,13H,4-5H2,1H3,(H,14,15)/b3-2+. The fraction of sp³-hybridized carbons (Fsp3) is 0.250. The number of aliphatic carboxylic acids is 1. The number of methoxy groups -OCH3 is 1. The molecule has 4 nitrogen and oxygen atoms in total. The lowest BCUT2D eigenvalue weighted by atomic mass is 10.1. The topological polar surface area (TPSA) is 66.8 Å². The van der Waals surface area contributed by atoms with Crippen molar-refractivity contribution in [2.75, 3.05) is 7.11 Å². The van der Waals surface area contributed by atoms with Crippen molar-refractivity contribution in [3.05, 3.63) is 35.9 Å². The van der Waals surface area contributed by atoms with Gasteiger partial charge in [-0.1, -0.05) is 18.2 Å². The maximum atomic E-state index is 10.3. The number of carboxylic acid groups (broad SMARTS) is 1. The molecule has 0 saturated heterocycles. The lowest BCUT2D eigenvalue weighted by molar-refractivity contribution is -0.136. The van der Waals surface area contributed by atoms with Crippen LogP contribution in [-0.2, 0) is 11.2 Å². The van der Waals surface area contributed by atoms with Crippen LogP contribution in [0.4, 0.5) is 0 Å². The van der Waals surface area contributed by atoms with E-state index in [2.05, 4.69) is 0 Å². The third-order valence-electron chi connectivity index (χ3n) is 2.06. The normalized spacial score (nSPS) is 10.6. The number of allylic oxidation sites excluding steroid dienone is 1. The SMILES string of the molecule is COc1cc(C/C=C/CC(=O)O)ccc1O. The molecule has 0 amide bonds. The Labute approximate surface area is 93.8 Å². The fourth-order valence-corrected chi connectivity index (χ4v) is 1.25. The predicted octanol–water partition coefficient (Wildman–Crippen LogP) is 1.97. The third kappa shape index (κ3) is 3.65. The first kappa shape index (κ1) is 12.1. The zero-order valence-electron chi connectivity index (χ0n) is 9.01. The minimum absolute atomic E-state index is 0.0230. The number of hydrogen-bond donors (Lipinski definition) is 2. The highest BCUT2D eigenvalue weighted by Gasteiger charge is 2.01. The van der Waals surface area contributed by atoms with E-state index in [0.717, 1.165) is 5.56 Å². The van der Waals surface area contributed by atoms with Crippen LogP contribution in [0.15, 0.2) is 30.4 Å². The van der Waals surface area contributed by atoms with Crippen molar-refractivity contribution in [2.45, 2.75) is 12.8 Å². The Morgan fingerprint density at radius 2 is 2.19 bits per heavy atom. The van der Waals surface area contributed by atoms with E-state index in [0.29, 0.717) is 12.2 Å². The van der Waals surface area contributed by atoms with Gasteiger partial charge < -0.3 is 14.9 Å². The first-order valence-corrected chi connectivity index (χ1v) is 4.86. The molecule has 4 heteroatoms. The van der Waals surface area contributed by atoms with Crippen LogP contribution < -0.4 is 4.74 Å². The average Bonchev–Trinajstić information content (AvgIpc) is 2.26. The van der Waals surface area contributed by atoms with Crippen LogP contribution in [0, 0.1) is 0 Å². The summed E-state index contributed by atoms with van der Waals surface area (Å²) in [6.45, 7) is 0. The number of benzene rings is 1. The monoisotopic (exact) mass is 222 g/mol. The minimum Gasteiger partial charge on any atom is -0.504 e. The smallest absolute Gasteiger partial charge is 0.307 e. The van der Waals surface area contributed by atoms with Gasteiger partial charge in [-0.25, -0.2) is 0 Å². The van der Waals surface area contributed by atoms with Crippen LogP contribution in [0.2, 0.25) is 0 Å².